The van der Waals surface area contributed by atoms with Crippen LogP contribution in [0.1, 0.15) is 43.7 Å². The number of hydrogen-bond acceptors (Lipinski definition) is 2. The van der Waals surface area contributed by atoms with E-state index in [1.807, 2.05) is 19.1 Å². The number of carbonyl (C=O) groups is 1. The smallest absolute Gasteiger partial charge is 0.312 e. The number of hydrogen-bond donors (Lipinski definition) is 0. The zero-order valence-electron chi connectivity index (χ0n) is 10.3. The minimum atomic E-state index is -0.179. The summed E-state index contributed by atoms with van der Waals surface area (Å²) in [5, 5.41) is 0. The lowest BCUT2D eigenvalue weighted by Crippen LogP contribution is -2.10. The van der Waals surface area contributed by atoms with E-state index in [1.54, 1.807) is 0 Å². The maximum Gasteiger partial charge on any atom is 0.312 e. The van der Waals surface area contributed by atoms with E-state index < -0.39 is 0 Å². The van der Waals surface area contributed by atoms with Gasteiger partial charge in [-0.1, -0.05) is 37.6 Å². The van der Waals surface area contributed by atoms with Gasteiger partial charge in [-0.3, -0.25) is 4.79 Å². The molecule has 0 aromatic heterocycles. The van der Waals surface area contributed by atoms with E-state index >= 15 is 0 Å². The third-order valence-corrected chi connectivity index (χ3v) is 2.85. The molecule has 0 amide bonds. The average molecular weight is 220 g/mol. The number of unbranched alkanes of at least 4 members (excludes halogenated alkanes) is 1. The van der Waals surface area contributed by atoms with Crippen LogP contribution in [0.3, 0.4) is 0 Å². The van der Waals surface area contributed by atoms with Crippen LogP contribution in [0.4, 0.5) is 0 Å². The highest BCUT2D eigenvalue weighted by atomic mass is 16.5. The number of methoxy groups -OCH3 is 1. The number of esters is 1. The molecule has 1 atom stereocenters. The summed E-state index contributed by atoms with van der Waals surface area (Å²) in [5.41, 5.74) is 2.36. The first-order chi connectivity index (χ1) is 7.69. The summed E-state index contributed by atoms with van der Waals surface area (Å²) in [7, 11) is 1.43. The van der Waals surface area contributed by atoms with Crippen LogP contribution >= 0.6 is 0 Å². The van der Waals surface area contributed by atoms with Gasteiger partial charge in [0, 0.05) is 0 Å². The molecule has 0 bridgehead atoms. The highest BCUT2D eigenvalue weighted by Crippen LogP contribution is 2.17. The van der Waals surface area contributed by atoms with Gasteiger partial charge < -0.3 is 4.74 Å². The summed E-state index contributed by atoms with van der Waals surface area (Å²) in [6.07, 6.45) is 3.54. The van der Waals surface area contributed by atoms with Crippen molar-refractivity contribution in [3.05, 3.63) is 35.4 Å². The fraction of sp³-hybridized carbons (Fsp3) is 0.500. The van der Waals surface area contributed by atoms with Crippen molar-refractivity contribution in [1.29, 1.82) is 0 Å². The van der Waals surface area contributed by atoms with E-state index in [0.717, 1.165) is 12.0 Å². The second-order valence-electron chi connectivity index (χ2n) is 4.09. The molecule has 1 rings (SSSR count). The molecule has 0 aliphatic carbocycles. The largest absolute Gasteiger partial charge is 0.469 e. The lowest BCUT2D eigenvalue weighted by atomic mass is 9.98. The zero-order valence-corrected chi connectivity index (χ0v) is 10.3. The standard InChI is InChI=1S/C14H20O2/c1-4-5-6-12-7-9-13(10-8-12)11(2)14(15)16-3/h7-11H,4-6H2,1-3H3. The zero-order chi connectivity index (χ0) is 12.0. The van der Waals surface area contributed by atoms with Gasteiger partial charge in [0.05, 0.1) is 13.0 Å². The Morgan fingerprint density at radius 2 is 1.94 bits per heavy atom. The minimum Gasteiger partial charge on any atom is -0.469 e. The van der Waals surface area contributed by atoms with Gasteiger partial charge in [-0.2, -0.15) is 0 Å². The second-order valence-corrected chi connectivity index (χ2v) is 4.09. The average Bonchev–Trinajstić information content (AvgIpc) is 2.35. The normalized spacial score (nSPS) is 12.2. The van der Waals surface area contributed by atoms with Gasteiger partial charge in [0.15, 0.2) is 0 Å². The molecule has 0 aliphatic rings. The van der Waals surface area contributed by atoms with Crippen molar-refractivity contribution < 1.29 is 9.53 Å². The van der Waals surface area contributed by atoms with E-state index in [9.17, 15) is 4.79 Å². The van der Waals surface area contributed by atoms with Gasteiger partial charge in [-0.15, -0.1) is 0 Å². The summed E-state index contributed by atoms with van der Waals surface area (Å²) < 4.78 is 4.72. The molecule has 0 N–H and O–H groups in total. The van der Waals surface area contributed by atoms with Crippen LogP contribution in [0.5, 0.6) is 0 Å². The molecule has 2 heteroatoms. The molecule has 1 aromatic rings. The van der Waals surface area contributed by atoms with E-state index in [4.69, 9.17) is 4.74 Å². The van der Waals surface area contributed by atoms with Crippen LogP contribution < -0.4 is 0 Å². The van der Waals surface area contributed by atoms with Crippen molar-refractivity contribution in [2.75, 3.05) is 7.11 Å². The topological polar surface area (TPSA) is 26.3 Å². The molecule has 0 spiro atoms. The highest BCUT2D eigenvalue weighted by molar-refractivity contribution is 5.77. The maximum atomic E-state index is 11.3. The Morgan fingerprint density at radius 1 is 1.31 bits per heavy atom. The van der Waals surface area contributed by atoms with E-state index in [2.05, 4.69) is 19.1 Å². The first-order valence-electron chi connectivity index (χ1n) is 5.85. The highest BCUT2D eigenvalue weighted by Gasteiger charge is 2.14. The van der Waals surface area contributed by atoms with Crippen LogP contribution in [0.15, 0.2) is 24.3 Å². The molecular weight excluding hydrogens is 200 g/mol. The van der Waals surface area contributed by atoms with E-state index in [0.29, 0.717) is 0 Å². The van der Waals surface area contributed by atoms with Crippen molar-refractivity contribution in [2.45, 2.75) is 39.0 Å². The van der Waals surface area contributed by atoms with Gasteiger partial charge in [-0.25, -0.2) is 0 Å². The number of ether oxygens (including phenoxy) is 1. The Labute approximate surface area is 97.6 Å². The fourth-order valence-corrected chi connectivity index (χ4v) is 1.67. The number of aryl methyl sites for hydroxylation is 1. The maximum absolute atomic E-state index is 11.3. The third kappa shape index (κ3) is 3.37. The van der Waals surface area contributed by atoms with Crippen molar-refractivity contribution in [3.8, 4) is 0 Å². The molecule has 1 unspecified atom stereocenters. The van der Waals surface area contributed by atoms with Gasteiger partial charge >= 0.3 is 5.97 Å². The fourth-order valence-electron chi connectivity index (χ4n) is 1.67. The molecule has 0 fully saturated rings. The summed E-state index contributed by atoms with van der Waals surface area (Å²) in [6, 6.07) is 8.24. The quantitative estimate of drug-likeness (QED) is 0.712. The predicted octanol–water partition coefficient (Wildman–Crippen LogP) is 3.31. The van der Waals surface area contributed by atoms with Crippen LogP contribution in [-0.2, 0) is 16.0 Å². The second kappa shape index (κ2) is 6.31. The Morgan fingerprint density at radius 3 is 2.44 bits per heavy atom. The first-order valence-corrected chi connectivity index (χ1v) is 5.85. The summed E-state index contributed by atoms with van der Waals surface area (Å²) in [4.78, 5) is 11.3. The predicted molar refractivity (Wildman–Crippen MR) is 65.5 cm³/mol. The molecule has 2 nitrogen and oxygen atoms in total. The summed E-state index contributed by atoms with van der Waals surface area (Å²) in [5.74, 6) is -0.355. The molecule has 88 valence electrons. The van der Waals surface area contributed by atoms with Crippen LogP contribution in [0.25, 0.3) is 0 Å². The van der Waals surface area contributed by atoms with Gasteiger partial charge in [-0.05, 0) is 30.9 Å². The summed E-state index contributed by atoms with van der Waals surface area (Å²) in [6.45, 7) is 4.06. The Hall–Kier alpha value is -1.31. The SMILES string of the molecule is CCCCc1ccc(C(C)C(=O)OC)cc1. The number of benzene rings is 1. The lowest BCUT2D eigenvalue weighted by Gasteiger charge is -2.10. The number of carbonyl (C=O) groups excluding carboxylic acids is 1. The molecule has 0 aliphatic heterocycles. The van der Waals surface area contributed by atoms with Crippen molar-refractivity contribution in [3.63, 3.8) is 0 Å². The minimum absolute atomic E-state index is 0.176. The van der Waals surface area contributed by atoms with Crippen LogP contribution in [0, 0.1) is 0 Å². The third-order valence-electron chi connectivity index (χ3n) is 2.85. The van der Waals surface area contributed by atoms with Crippen molar-refractivity contribution in [2.24, 2.45) is 0 Å². The molecule has 0 saturated carbocycles. The van der Waals surface area contributed by atoms with Crippen LogP contribution in [0.2, 0.25) is 0 Å². The van der Waals surface area contributed by atoms with E-state index in [1.165, 1.54) is 25.5 Å². The number of rotatable bonds is 5. The van der Waals surface area contributed by atoms with Gasteiger partial charge in [0.25, 0.3) is 0 Å². The molecular formula is C14H20O2. The van der Waals surface area contributed by atoms with E-state index in [-0.39, 0.29) is 11.9 Å². The Kier molecular flexibility index (Phi) is 5.03. The molecule has 16 heavy (non-hydrogen) atoms. The molecule has 0 heterocycles. The van der Waals surface area contributed by atoms with Crippen molar-refractivity contribution in [1.82, 2.24) is 0 Å². The first kappa shape index (κ1) is 12.8. The van der Waals surface area contributed by atoms with Gasteiger partial charge in [0.1, 0.15) is 0 Å². The lowest BCUT2D eigenvalue weighted by molar-refractivity contribution is -0.141. The van der Waals surface area contributed by atoms with Gasteiger partial charge in [0.2, 0.25) is 0 Å². The summed E-state index contributed by atoms with van der Waals surface area (Å²) >= 11 is 0. The van der Waals surface area contributed by atoms with Crippen LogP contribution in [-0.4, -0.2) is 13.1 Å². The monoisotopic (exact) mass is 220 g/mol. The Bertz CT molecular complexity index is 327. The van der Waals surface area contributed by atoms with Crippen molar-refractivity contribution >= 4 is 5.97 Å². The Balaban J connectivity index is 2.67. The molecule has 0 saturated heterocycles. The molecule has 1 aromatic carbocycles. The molecule has 0 radical (unpaired) electrons.